The van der Waals surface area contributed by atoms with E-state index in [9.17, 15) is 13.2 Å². The van der Waals surface area contributed by atoms with Crippen molar-refractivity contribution >= 4 is 15.9 Å². The first-order chi connectivity index (χ1) is 10.9. The Balaban J connectivity index is 1.79. The fourth-order valence-electron chi connectivity index (χ4n) is 2.48. The molecule has 1 aromatic carbocycles. The summed E-state index contributed by atoms with van der Waals surface area (Å²) < 4.78 is 30.3. The number of rotatable bonds is 3. The number of benzene rings is 1. The number of hydrogen-bond donors (Lipinski definition) is 0. The van der Waals surface area contributed by atoms with Crippen LogP contribution in [-0.4, -0.2) is 49.3 Å². The number of amides is 1. The Morgan fingerprint density at radius 1 is 1.26 bits per heavy atom. The molecule has 0 fully saturated rings. The van der Waals surface area contributed by atoms with Crippen LogP contribution < -0.4 is 0 Å². The zero-order valence-corrected chi connectivity index (χ0v) is 13.7. The number of carbonyl (C=O) groups excluding carboxylic acids is 1. The van der Waals surface area contributed by atoms with E-state index in [-0.39, 0.29) is 10.8 Å². The highest BCUT2D eigenvalue weighted by atomic mass is 32.2. The van der Waals surface area contributed by atoms with E-state index in [0.29, 0.717) is 25.1 Å². The van der Waals surface area contributed by atoms with Crippen LogP contribution in [0.1, 0.15) is 21.7 Å². The third kappa shape index (κ3) is 2.87. The molecule has 1 aromatic heterocycles. The van der Waals surface area contributed by atoms with E-state index >= 15 is 0 Å². The van der Waals surface area contributed by atoms with Gasteiger partial charge in [0, 0.05) is 38.2 Å². The Bertz CT molecular complexity index is 825. The molecule has 0 radical (unpaired) electrons. The maximum Gasteiger partial charge on any atom is 0.254 e. The van der Waals surface area contributed by atoms with Crippen molar-refractivity contribution in [2.24, 2.45) is 0 Å². The van der Waals surface area contributed by atoms with Crippen LogP contribution in [0.5, 0.6) is 0 Å². The molecule has 0 N–H and O–H groups in total. The largest absolute Gasteiger partial charge is 0.361 e. The van der Waals surface area contributed by atoms with Crippen molar-refractivity contribution in [3.8, 4) is 0 Å². The Morgan fingerprint density at radius 3 is 2.61 bits per heavy atom. The monoisotopic (exact) mass is 335 g/mol. The van der Waals surface area contributed by atoms with Gasteiger partial charge < -0.3 is 9.42 Å². The van der Waals surface area contributed by atoms with E-state index in [1.807, 2.05) is 0 Å². The van der Waals surface area contributed by atoms with Gasteiger partial charge in [-0.2, -0.15) is 0 Å². The lowest BCUT2D eigenvalue weighted by Crippen LogP contribution is -2.35. The highest BCUT2D eigenvalue weighted by molar-refractivity contribution is 7.89. The Morgan fingerprint density at radius 2 is 1.96 bits per heavy atom. The van der Waals surface area contributed by atoms with Gasteiger partial charge >= 0.3 is 0 Å². The highest BCUT2D eigenvalue weighted by Gasteiger charge is 2.25. The fraction of sp³-hybridized carbons (Fsp3) is 0.333. The lowest BCUT2D eigenvalue weighted by Gasteiger charge is -2.25. The molecule has 0 saturated carbocycles. The van der Waals surface area contributed by atoms with Crippen molar-refractivity contribution in [2.75, 3.05) is 20.6 Å². The van der Waals surface area contributed by atoms with E-state index in [1.165, 1.54) is 26.2 Å². The summed E-state index contributed by atoms with van der Waals surface area (Å²) in [5.41, 5.74) is 1.37. The SMILES string of the molecule is CN(C)S(=O)(=O)c1ccc(C(=O)N2CCc3oncc3C2)cc1. The summed E-state index contributed by atoms with van der Waals surface area (Å²) in [6.45, 7) is 1.01. The molecule has 23 heavy (non-hydrogen) atoms. The molecule has 0 unspecified atom stereocenters. The molecule has 122 valence electrons. The summed E-state index contributed by atoms with van der Waals surface area (Å²) >= 11 is 0. The third-order valence-corrected chi connectivity index (χ3v) is 5.70. The van der Waals surface area contributed by atoms with E-state index in [1.54, 1.807) is 23.2 Å². The van der Waals surface area contributed by atoms with Gasteiger partial charge in [0.15, 0.2) is 0 Å². The van der Waals surface area contributed by atoms with Gasteiger partial charge in [0.05, 0.1) is 17.6 Å². The molecule has 1 aliphatic heterocycles. The van der Waals surface area contributed by atoms with Crippen molar-refractivity contribution in [3.63, 3.8) is 0 Å². The van der Waals surface area contributed by atoms with Gasteiger partial charge in [-0.1, -0.05) is 5.16 Å². The molecule has 7 nitrogen and oxygen atoms in total. The minimum atomic E-state index is -3.49. The van der Waals surface area contributed by atoms with Crippen LogP contribution in [-0.2, 0) is 23.0 Å². The minimum absolute atomic E-state index is 0.134. The second kappa shape index (κ2) is 5.78. The highest BCUT2D eigenvalue weighted by Crippen LogP contribution is 2.21. The lowest BCUT2D eigenvalue weighted by atomic mass is 10.1. The lowest BCUT2D eigenvalue weighted by molar-refractivity contribution is 0.0729. The smallest absolute Gasteiger partial charge is 0.254 e. The molecule has 0 saturated heterocycles. The van der Waals surface area contributed by atoms with Crippen LogP contribution in [0.4, 0.5) is 0 Å². The molecule has 1 aliphatic rings. The molecule has 0 atom stereocenters. The van der Waals surface area contributed by atoms with Crippen LogP contribution >= 0.6 is 0 Å². The molecule has 1 amide bonds. The zero-order chi connectivity index (χ0) is 16.6. The Labute approximate surface area is 134 Å². The predicted octanol–water partition coefficient (Wildman–Crippen LogP) is 1.12. The molecular weight excluding hydrogens is 318 g/mol. The second-order valence-corrected chi connectivity index (χ2v) is 7.71. The fourth-order valence-corrected chi connectivity index (χ4v) is 3.38. The maximum absolute atomic E-state index is 12.5. The van der Waals surface area contributed by atoms with Crippen molar-refractivity contribution in [2.45, 2.75) is 17.9 Å². The predicted molar refractivity (Wildman–Crippen MR) is 82.3 cm³/mol. The van der Waals surface area contributed by atoms with Crippen molar-refractivity contribution in [1.29, 1.82) is 0 Å². The van der Waals surface area contributed by atoms with Crippen molar-refractivity contribution in [1.82, 2.24) is 14.4 Å². The number of nitrogens with zero attached hydrogens (tertiary/aromatic N) is 3. The summed E-state index contributed by atoms with van der Waals surface area (Å²) in [4.78, 5) is 14.4. The van der Waals surface area contributed by atoms with Gasteiger partial charge in [0.25, 0.3) is 5.91 Å². The molecule has 0 aliphatic carbocycles. The molecule has 2 aromatic rings. The van der Waals surface area contributed by atoms with Gasteiger partial charge in [-0.05, 0) is 24.3 Å². The first kappa shape index (κ1) is 15.7. The van der Waals surface area contributed by atoms with Crippen LogP contribution in [0, 0.1) is 0 Å². The van der Waals surface area contributed by atoms with Crippen LogP contribution in [0.25, 0.3) is 0 Å². The van der Waals surface area contributed by atoms with Gasteiger partial charge in [-0.25, -0.2) is 12.7 Å². The Hall–Kier alpha value is -2.19. The normalized spacial score (nSPS) is 14.8. The number of hydrogen-bond acceptors (Lipinski definition) is 5. The van der Waals surface area contributed by atoms with Crippen LogP contribution in [0.3, 0.4) is 0 Å². The number of carbonyl (C=O) groups is 1. The number of aromatic nitrogens is 1. The second-order valence-electron chi connectivity index (χ2n) is 5.56. The van der Waals surface area contributed by atoms with Gasteiger partial charge in [0.2, 0.25) is 10.0 Å². The van der Waals surface area contributed by atoms with Gasteiger partial charge in [-0.3, -0.25) is 4.79 Å². The van der Waals surface area contributed by atoms with E-state index in [0.717, 1.165) is 15.6 Å². The number of fused-ring (bicyclic) bond motifs is 1. The van der Waals surface area contributed by atoms with Crippen LogP contribution in [0.2, 0.25) is 0 Å². The number of sulfonamides is 1. The molecule has 2 heterocycles. The van der Waals surface area contributed by atoms with Crippen molar-refractivity contribution < 1.29 is 17.7 Å². The van der Waals surface area contributed by atoms with E-state index < -0.39 is 10.0 Å². The molecule has 0 bridgehead atoms. The molecular formula is C15H17N3O4S. The zero-order valence-electron chi connectivity index (χ0n) is 12.9. The van der Waals surface area contributed by atoms with Crippen LogP contribution in [0.15, 0.2) is 39.9 Å². The Kier molecular flexibility index (Phi) is 3.95. The maximum atomic E-state index is 12.5. The van der Waals surface area contributed by atoms with E-state index in [2.05, 4.69) is 5.16 Å². The summed E-state index contributed by atoms with van der Waals surface area (Å²) in [5.74, 6) is 0.687. The summed E-state index contributed by atoms with van der Waals surface area (Å²) in [6, 6.07) is 6.00. The summed E-state index contributed by atoms with van der Waals surface area (Å²) in [6.07, 6.45) is 2.26. The topological polar surface area (TPSA) is 83.7 Å². The van der Waals surface area contributed by atoms with Gasteiger partial charge in [0.1, 0.15) is 5.76 Å². The van der Waals surface area contributed by atoms with Crippen molar-refractivity contribution in [3.05, 3.63) is 47.3 Å². The minimum Gasteiger partial charge on any atom is -0.361 e. The van der Waals surface area contributed by atoms with E-state index in [4.69, 9.17) is 4.52 Å². The molecule has 3 rings (SSSR count). The summed E-state index contributed by atoms with van der Waals surface area (Å²) in [7, 11) is -0.547. The standard InChI is InChI=1S/C15H17N3O4S/c1-17(2)23(20,21)13-5-3-11(4-6-13)15(19)18-8-7-14-12(10-18)9-16-22-14/h3-6,9H,7-8,10H2,1-2H3. The molecule has 0 spiro atoms. The molecule has 8 heteroatoms. The van der Waals surface area contributed by atoms with Gasteiger partial charge in [-0.15, -0.1) is 0 Å². The quantitative estimate of drug-likeness (QED) is 0.839. The average Bonchev–Trinajstić information content (AvgIpc) is 3.01. The summed E-state index contributed by atoms with van der Waals surface area (Å²) in [5, 5.41) is 3.74. The third-order valence-electron chi connectivity index (χ3n) is 3.87. The average molecular weight is 335 g/mol. The first-order valence-corrected chi connectivity index (χ1v) is 8.58. The first-order valence-electron chi connectivity index (χ1n) is 7.14.